The standard InChI is InChI=1S/C14H13NO2/c1-9-3-4-11(5-10(9)2)12-6-13(14(16)17)8-15-7-12/h3-8H,1-2H3,(H,16,17). The summed E-state index contributed by atoms with van der Waals surface area (Å²) < 4.78 is 0. The molecule has 17 heavy (non-hydrogen) atoms. The van der Waals surface area contributed by atoms with Crippen molar-refractivity contribution in [1.82, 2.24) is 4.98 Å². The molecule has 0 aliphatic rings. The van der Waals surface area contributed by atoms with Crippen LogP contribution in [0.3, 0.4) is 0 Å². The van der Waals surface area contributed by atoms with Gasteiger partial charge in [-0.1, -0.05) is 18.2 Å². The molecule has 0 fully saturated rings. The summed E-state index contributed by atoms with van der Waals surface area (Å²) in [5.41, 5.74) is 4.43. The number of carboxylic acids is 1. The van der Waals surface area contributed by atoms with Crippen molar-refractivity contribution in [2.24, 2.45) is 0 Å². The van der Waals surface area contributed by atoms with E-state index in [9.17, 15) is 4.79 Å². The number of rotatable bonds is 2. The number of pyridine rings is 1. The largest absolute Gasteiger partial charge is 0.478 e. The first kappa shape index (κ1) is 11.3. The zero-order chi connectivity index (χ0) is 12.4. The van der Waals surface area contributed by atoms with Crippen LogP contribution < -0.4 is 0 Å². The van der Waals surface area contributed by atoms with Crippen molar-refractivity contribution in [1.29, 1.82) is 0 Å². The van der Waals surface area contributed by atoms with Gasteiger partial charge in [0.05, 0.1) is 5.56 Å². The van der Waals surface area contributed by atoms with Gasteiger partial charge in [-0.05, 0) is 36.6 Å². The average molecular weight is 227 g/mol. The summed E-state index contributed by atoms with van der Waals surface area (Å²) >= 11 is 0. The van der Waals surface area contributed by atoms with Crippen molar-refractivity contribution in [2.75, 3.05) is 0 Å². The van der Waals surface area contributed by atoms with Crippen molar-refractivity contribution >= 4 is 5.97 Å². The van der Waals surface area contributed by atoms with E-state index in [1.165, 1.54) is 17.3 Å². The highest BCUT2D eigenvalue weighted by molar-refractivity contribution is 5.88. The second kappa shape index (κ2) is 4.37. The number of aryl methyl sites for hydroxylation is 2. The van der Waals surface area contributed by atoms with E-state index in [1.54, 1.807) is 12.3 Å². The molecule has 86 valence electrons. The smallest absolute Gasteiger partial charge is 0.337 e. The molecular formula is C14H13NO2. The van der Waals surface area contributed by atoms with Crippen LogP contribution in [0.5, 0.6) is 0 Å². The molecule has 3 heteroatoms. The molecule has 0 amide bonds. The van der Waals surface area contributed by atoms with Gasteiger partial charge in [-0.25, -0.2) is 4.79 Å². The van der Waals surface area contributed by atoms with Gasteiger partial charge in [0.25, 0.3) is 0 Å². The Morgan fingerprint density at radius 2 is 1.82 bits per heavy atom. The van der Waals surface area contributed by atoms with E-state index in [-0.39, 0.29) is 5.56 Å². The van der Waals surface area contributed by atoms with Gasteiger partial charge in [-0.3, -0.25) is 4.98 Å². The van der Waals surface area contributed by atoms with Crippen LogP contribution in [0.1, 0.15) is 21.5 Å². The molecule has 1 heterocycles. The molecule has 3 nitrogen and oxygen atoms in total. The van der Waals surface area contributed by atoms with Crippen LogP contribution in [-0.2, 0) is 0 Å². The summed E-state index contributed by atoms with van der Waals surface area (Å²) in [6, 6.07) is 7.68. The average Bonchev–Trinajstić information content (AvgIpc) is 2.33. The number of nitrogens with zero attached hydrogens (tertiary/aromatic N) is 1. The highest BCUT2D eigenvalue weighted by Crippen LogP contribution is 2.22. The molecule has 1 N–H and O–H groups in total. The fourth-order valence-corrected chi connectivity index (χ4v) is 1.64. The molecule has 0 radical (unpaired) electrons. The Morgan fingerprint density at radius 1 is 1.06 bits per heavy atom. The van der Waals surface area contributed by atoms with Crippen LogP contribution in [0.15, 0.2) is 36.7 Å². The lowest BCUT2D eigenvalue weighted by Crippen LogP contribution is -1.97. The molecular weight excluding hydrogens is 214 g/mol. The Morgan fingerprint density at radius 3 is 2.47 bits per heavy atom. The summed E-state index contributed by atoms with van der Waals surface area (Å²) in [4.78, 5) is 14.8. The molecule has 0 spiro atoms. The van der Waals surface area contributed by atoms with Gasteiger partial charge in [-0.2, -0.15) is 0 Å². The zero-order valence-corrected chi connectivity index (χ0v) is 9.77. The molecule has 0 aliphatic carbocycles. The van der Waals surface area contributed by atoms with Gasteiger partial charge in [0, 0.05) is 18.0 Å². The topological polar surface area (TPSA) is 50.2 Å². The van der Waals surface area contributed by atoms with Gasteiger partial charge < -0.3 is 5.11 Å². The van der Waals surface area contributed by atoms with Gasteiger partial charge in [0.2, 0.25) is 0 Å². The summed E-state index contributed by atoms with van der Waals surface area (Å²) in [6.45, 7) is 4.08. The van der Waals surface area contributed by atoms with Crippen LogP contribution in [0.25, 0.3) is 11.1 Å². The third-order valence-electron chi connectivity index (χ3n) is 2.83. The molecule has 0 unspecified atom stereocenters. The Balaban J connectivity index is 2.49. The SMILES string of the molecule is Cc1ccc(-c2cncc(C(=O)O)c2)cc1C. The molecule has 1 aromatic carbocycles. The Kier molecular flexibility index (Phi) is 2.91. The predicted molar refractivity (Wildman–Crippen MR) is 66.1 cm³/mol. The van der Waals surface area contributed by atoms with Crippen LogP contribution in [0, 0.1) is 13.8 Å². The van der Waals surface area contributed by atoms with Crippen LogP contribution in [0.4, 0.5) is 0 Å². The zero-order valence-electron chi connectivity index (χ0n) is 9.77. The molecule has 0 saturated carbocycles. The van der Waals surface area contributed by atoms with Crippen molar-refractivity contribution in [3.63, 3.8) is 0 Å². The minimum absolute atomic E-state index is 0.209. The molecule has 1 aromatic heterocycles. The van der Waals surface area contributed by atoms with Gasteiger partial charge in [-0.15, -0.1) is 0 Å². The lowest BCUT2D eigenvalue weighted by molar-refractivity contribution is 0.0696. The third-order valence-corrected chi connectivity index (χ3v) is 2.83. The molecule has 0 saturated heterocycles. The first-order chi connectivity index (χ1) is 8.08. The maximum atomic E-state index is 10.9. The van der Waals surface area contributed by atoms with E-state index in [2.05, 4.69) is 4.98 Å². The summed E-state index contributed by atoms with van der Waals surface area (Å²) in [6.07, 6.45) is 3.03. The number of hydrogen-bond acceptors (Lipinski definition) is 2. The maximum Gasteiger partial charge on any atom is 0.337 e. The summed E-state index contributed by atoms with van der Waals surface area (Å²) in [5, 5.41) is 8.91. The Hall–Kier alpha value is -2.16. The fraction of sp³-hybridized carbons (Fsp3) is 0.143. The Bertz CT molecular complexity index is 576. The van der Waals surface area contributed by atoms with E-state index in [4.69, 9.17) is 5.11 Å². The highest BCUT2D eigenvalue weighted by Gasteiger charge is 2.06. The number of aromatic carboxylic acids is 1. The lowest BCUT2D eigenvalue weighted by Gasteiger charge is -2.05. The minimum atomic E-state index is -0.955. The monoisotopic (exact) mass is 227 g/mol. The molecule has 0 aliphatic heterocycles. The molecule has 2 aromatic rings. The van der Waals surface area contributed by atoms with Crippen molar-refractivity contribution in [3.05, 3.63) is 53.3 Å². The van der Waals surface area contributed by atoms with Crippen molar-refractivity contribution in [2.45, 2.75) is 13.8 Å². The van der Waals surface area contributed by atoms with E-state index in [0.29, 0.717) is 0 Å². The highest BCUT2D eigenvalue weighted by atomic mass is 16.4. The Labute approximate surface area is 99.8 Å². The van der Waals surface area contributed by atoms with E-state index in [0.717, 1.165) is 11.1 Å². The van der Waals surface area contributed by atoms with E-state index >= 15 is 0 Å². The van der Waals surface area contributed by atoms with Crippen LogP contribution >= 0.6 is 0 Å². The second-order valence-corrected chi connectivity index (χ2v) is 4.07. The number of carbonyl (C=O) groups is 1. The first-order valence-corrected chi connectivity index (χ1v) is 5.34. The summed E-state index contributed by atoms with van der Waals surface area (Å²) in [5.74, 6) is -0.955. The van der Waals surface area contributed by atoms with Crippen LogP contribution in [0.2, 0.25) is 0 Å². The van der Waals surface area contributed by atoms with Gasteiger partial charge >= 0.3 is 5.97 Å². The number of aromatic nitrogens is 1. The number of carboxylic acid groups (broad SMARTS) is 1. The van der Waals surface area contributed by atoms with Crippen LogP contribution in [-0.4, -0.2) is 16.1 Å². The second-order valence-electron chi connectivity index (χ2n) is 4.07. The number of hydrogen-bond donors (Lipinski definition) is 1. The normalized spacial score (nSPS) is 10.2. The quantitative estimate of drug-likeness (QED) is 0.857. The maximum absolute atomic E-state index is 10.9. The number of benzene rings is 1. The molecule has 2 rings (SSSR count). The predicted octanol–water partition coefficient (Wildman–Crippen LogP) is 3.06. The fourth-order valence-electron chi connectivity index (χ4n) is 1.64. The van der Waals surface area contributed by atoms with E-state index in [1.807, 2.05) is 32.0 Å². The van der Waals surface area contributed by atoms with Crippen molar-refractivity contribution in [3.8, 4) is 11.1 Å². The summed E-state index contributed by atoms with van der Waals surface area (Å²) in [7, 11) is 0. The van der Waals surface area contributed by atoms with Gasteiger partial charge in [0.1, 0.15) is 0 Å². The minimum Gasteiger partial charge on any atom is -0.478 e. The van der Waals surface area contributed by atoms with Gasteiger partial charge in [0.15, 0.2) is 0 Å². The first-order valence-electron chi connectivity index (χ1n) is 5.34. The molecule has 0 bridgehead atoms. The lowest BCUT2D eigenvalue weighted by atomic mass is 10.0. The van der Waals surface area contributed by atoms with E-state index < -0.39 is 5.97 Å². The third kappa shape index (κ3) is 2.33. The van der Waals surface area contributed by atoms with Crippen molar-refractivity contribution < 1.29 is 9.90 Å². The molecule has 0 atom stereocenters.